The summed E-state index contributed by atoms with van der Waals surface area (Å²) in [6.07, 6.45) is 0. The van der Waals surface area contributed by atoms with E-state index >= 15 is 0 Å². The molecule has 1 N–H and O–H groups in total. The predicted molar refractivity (Wildman–Crippen MR) is 89.9 cm³/mol. The highest BCUT2D eigenvalue weighted by atomic mass is 32.2. The van der Waals surface area contributed by atoms with E-state index in [1.165, 1.54) is 28.6 Å². The van der Waals surface area contributed by atoms with Gasteiger partial charge in [0.15, 0.2) is 0 Å². The number of hydrogen-bond acceptors (Lipinski definition) is 5. The van der Waals surface area contributed by atoms with E-state index in [-0.39, 0.29) is 4.90 Å². The lowest BCUT2D eigenvalue weighted by atomic mass is 10.1. The third-order valence-electron chi connectivity index (χ3n) is 3.92. The first kappa shape index (κ1) is 18.4. The van der Waals surface area contributed by atoms with Crippen molar-refractivity contribution in [1.29, 1.82) is 5.26 Å². The largest absolute Gasteiger partial charge is 0.334 e. The highest BCUT2D eigenvalue weighted by Gasteiger charge is 2.27. The first-order valence-corrected chi connectivity index (χ1v) is 9.12. The van der Waals surface area contributed by atoms with E-state index in [1.54, 1.807) is 13.8 Å². The maximum absolute atomic E-state index is 12.6. The van der Waals surface area contributed by atoms with Crippen LogP contribution < -0.4 is 5.32 Å². The fourth-order valence-corrected chi connectivity index (χ4v) is 3.76. The van der Waals surface area contributed by atoms with Gasteiger partial charge in [0.2, 0.25) is 10.0 Å². The van der Waals surface area contributed by atoms with Gasteiger partial charge in [-0.1, -0.05) is 0 Å². The van der Waals surface area contributed by atoms with Crippen molar-refractivity contribution in [3.8, 4) is 6.07 Å². The summed E-state index contributed by atoms with van der Waals surface area (Å²) in [6.45, 7) is 5.50. The molecule has 130 valence electrons. The number of likely N-dealkylation sites (N-methyl/N-ethyl adjacent to an activating group) is 1. The minimum Gasteiger partial charge on any atom is -0.334 e. The van der Waals surface area contributed by atoms with Crippen molar-refractivity contribution >= 4 is 15.9 Å². The fourth-order valence-electron chi connectivity index (χ4n) is 2.34. The molecule has 24 heavy (non-hydrogen) atoms. The second kappa shape index (κ2) is 6.89. The number of nitrogens with zero attached hydrogens (tertiary/aromatic N) is 3. The van der Waals surface area contributed by atoms with E-state index in [0.29, 0.717) is 31.7 Å². The lowest BCUT2D eigenvalue weighted by Crippen LogP contribution is -2.47. The fraction of sp³-hybridized carbons (Fsp3) is 0.500. The topological polar surface area (TPSA) is 93.5 Å². The Labute approximate surface area is 142 Å². The van der Waals surface area contributed by atoms with Crippen LogP contribution in [0.25, 0.3) is 0 Å². The normalized spacial score (nSPS) is 17.2. The van der Waals surface area contributed by atoms with Gasteiger partial charge in [-0.2, -0.15) is 9.57 Å². The number of amides is 1. The van der Waals surface area contributed by atoms with Gasteiger partial charge in [-0.05, 0) is 45.2 Å². The Kier molecular flexibility index (Phi) is 5.28. The summed E-state index contributed by atoms with van der Waals surface area (Å²) in [5.74, 6) is -0.412. The van der Waals surface area contributed by atoms with Crippen LogP contribution >= 0.6 is 0 Å². The van der Waals surface area contributed by atoms with E-state index in [0.717, 1.165) is 0 Å². The number of carbonyl (C=O) groups is 1. The quantitative estimate of drug-likeness (QED) is 0.861. The summed E-state index contributed by atoms with van der Waals surface area (Å²) in [5.41, 5.74) is -0.669. The minimum atomic E-state index is -3.55. The molecule has 0 spiro atoms. The Bertz CT molecular complexity index is 743. The number of rotatable bonds is 4. The van der Waals surface area contributed by atoms with Crippen molar-refractivity contribution in [2.75, 3.05) is 33.2 Å². The molecule has 7 nitrogen and oxygen atoms in total. The van der Waals surface area contributed by atoms with Crippen LogP contribution in [-0.4, -0.2) is 62.3 Å². The van der Waals surface area contributed by atoms with Crippen LogP contribution in [0.15, 0.2) is 29.2 Å². The SMILES string of the molecule is CN1CCN(S(=O)(=O)c2ccc(C(=O)NC(C)(C)C#N)cc2)CC1. The summed E-state index contributed by atoms with van der Waals surface area (Å²) in [5, 5.41) is 11.5. The van der Waals surface area contributed by atoms with Gasteiger partial charge in [-0.25, -0.2) is 8.42 Å². The van der Waals surface area contributed by atoms with Crippen LogP contribution in [-0.2, 0) is 10.0 Å². The summed E-state index contributed by atoms with van der Waals surface area (Å²) >= 11 is 0. The van der Waals surface area contributed by atoms with Gasteiger partial charge in [0.05, 0.1) is 11.0 Å². The molecule has 1 fully saturated rings. The Morgan fingerprint density at radius 3 is 2.21 bits per heavy atom. The molecule has 1 amide bonds. The van der Waals surface area contributed by atoms with Gasteiger partial charge in [-0.15, -0.1) is 0 Å². The smallest absolute Gasteiger partial charge is 0.252 e. The second-order valence-corrected chi connectivity index (χ2v) is 8.36. The van der Waals surface area contributed by atoms with Crippen molar-refractivity contribution in [3.05, 3.63) is 29.8 Å². The monoisotopic (exact) mass is 350 g/mol. The van der Waals surface area contributed by atoms with Crippen LogP contribution in [0.5, 0.6) is 0 Å². The molecule has 2 rings (SSSR count). The van der Waals surface area contributed by atoms with Crippen molar-refractivity contribution < 1.29 is 13.2 Å². The lowest BCUT2D eigenvalue weighted by Gasteiger charge is -2.31. The number of sulfonamides is 1. The Morgan fingerprint density at radius 2 is 1.71 bits per heavy atom. The molecule has 8 heteroatoms. The van der Waals surface area contributed by atoms with Gasteiger partial charge < -0.3 is 10.2 Å². The van der Waals surface area contributed by atoms with Crippen LogP contribution in [0.4, 0.5) is 0 Å². The van der Waals surface area contributed by atoms with Gasteiger partial charge >= 0.3 is 0 Å². The van der Waals surface area contributed by atoms with Crippen molar-refractivity contribution in [1.82, 2.24) is 14.5 Å². The van der Waals surface area contributed by atoms with E-state index in [2.05, 4.69) is 10.2 Å². The molecule has 1 saturated heterocycles. The average Bonchev–Trinajstić information content (AvgIpc) is 2.55. The Hall–Kier alpha value is -1.95. The Balaban J connectivity index is 2.14. The van der Waals surface area contributed by atoms with Crippen molar-refractivity contribution in [2.24, 2.45) is 0 Å². The second-order valence-electron chi connectivity index (χ2n) is 6.42. The minimum absolute atomic E-state index is 0.170. The molecule has 0 radical (unpaired) electrons. The molecule has 0 bridgehead atoms. The number of benzene rings is 1. The highest BCUT2D eigenvalue weighted by molar-refractivity contribution is 7.89. The third kappa shape index (κ3) is 4.12. The van der Waals surface area contributed by atoms with Crippen molar-refractivity contribution in [2.45, 2.75) is 24.3 Å². The number of nitriles is 1. The molecule has 0 saturated carbocycles. The third-order valence-corrected chi connectivity index (χ3v) is 5.83. The molecule has 1 aliphatic heterocycles. The van der Waals surface area contributed by atoms with E-state index in [4.69, 9.17) is 5.26 Å². The first-order valence-electron chi connectivity index (χ1n) is 7.68. The van der Waals surface area contributed by atoms with Crippen LogP contribution in [0.2, 0.25) is 0 Å². The van der Waals surface area contributed by atoms with Gasteiger partial charge in [-0.3, -0.25) is 4.79 Å². The van der Waals surface area contributed by atoms with E-state index < -0.39 is 21.5 Å². The predicted octanol–water partition coefficient (Wildman–Crippen LogP) is 0.655. The van der Waals surface area contributed by atoms with Gasteiger partial charge in [0.25, 0.3) is 5.91 Å². The van der Waals surface area contributed by atoms with E-state index in [9.17, 15) is 13.2 Å². The molecule has 1 aliphatic rings. The molecular formula is C16H22N4O3S. The first-order chi connectivity index (χ1) is 11.2. The zero-order valence-corrected chi connectivity index (χ0v) is 14.9. The standard InChI is InChI=1S/C16H22N4O3S/c1-16(2,12-17)18-15(21)13-4-6-14(7-5-13)24(22,23)20-10-8-19(3)9-11-20/h4-7H,8-11H2,1-3H3,(H,18,21). The van der Waals surface area contributed by atoms with Gasteiger partial charge in [0.1, 0.15) is 5.54 Å². The zero-order chi connectivity index (χ0) is 18.0. The van der Waals surface area contributed by atoms with Gasteiger partial charge in [0, 0.05) is 31.7 Å². The molecule has 1 aromatic rings. The summed E-state index contributed by atoms with van der Waals surface area (Å²) in [4.78, 5) is 14.3. The van der Waals surface area contributed by atoms with Crippen molar-refractivity contribution in [3.63, 3.8) is 0 Å². The number of nitrogens with one attached hydrogen (secondary N) is 1. The number of hydrogen-bond donors (Lipinski definition) is 1. The van der Waals surface area contributed by atoms with E-state index in [1.807, 2.05) is 13.1 Å². The zero-order valence-electron chi connectivity index (χ0n) is 14.1. The summed E-state index contributed by atoms with van der Waals surface area (Å²) in [6, 6.07) is 7.78. The lowest BCUT2D eigenvalue weighted by molar-refractivity contribution is 0.0929. The average molecular weight is 350 g/mol. The van der Waals surface area contributed by atoms with Crippen LogP contribution in [0.3, 0.4) is 0 Å². The number of piperazine rings is 1. The molecule has 1 aromatic carbocycles. The summed E-state index contributed by atoms with van der Waals surface area (Å²) in [7, 11) is -1.59. The number of carbonyl (C=O) groups excluding carboxylic acids is 1. The molecule has 0 atom stereocenters. The molecule has 0 aromatic heterocycles. The maximum atomic E-state index is 12.6. The molecule has 1 heterocycles. The highest BCUT2D eigenvalue weighted by Crippen LogP contribution is 2.18. The molecular weight excluding hydrogens is 328 g/mol. The Morgan fingerprint density at radius 1 is 1.17 bits per heavy atom. The van der Waals surface area contributed by atoms with Crippen LogP contribution in [0, 0.1) is 11.3 Å². The summed E-state index contributed by atoms with van der Waals surface area (Å²) < 4.78 is 26.7. The molecule has 0 unspecified atom stereocenters. The molecule has 0 aliphatic carbocycles. The van der Waals surface area contributed by atoms with Crippen LogP contribution in [0.1, 0.15) is 24.2 Å². The maximum Gasteiger partial charge on any atom is 0.252 e.